The van der Waals surface area contributed by atoms with Crippen LogP contribution in [0.5, 0.6) is 0 Å². The Bertz CT molecular complexity index is 326. The molecule has 21 heavy (non-hydrogen) atoms. The van der Waals surface area contributed by atoms with E-state index in [-0.39, 0.29) is 6.09 Å². The van der Waals surface area contributed by atoms with Crippen molar-refractivity contribution in [3.8, 4) is 0 Å². The van der Waals surface area contributed by atoms with E-state index >= 15 is 0 Å². The smallest absolute Gasteiger partial charge is 0.410 e. The fourth-order valence-corrected chi connectivity index (χ4v) is 1.49. The number of ether oxygens (including phenoxy) is 2. The van der Waals surface area contributed by atoms with Crippen molar-refractivity contribution in [3.63, 3.8) is 0 Å². The van der Waals surface area contributed by atoms with Gasteiger partial charge in [-0.1, -0.05) is 12.2 Å². The molecule has 0 fully saturated rings. The normalized spacial score (nSPS) is 15.3. The third-order valence-electron chi connectivity index (χ3n) is 2.37. The highest BCUT2D eigenvalue weighted by Crippen LogP contribution is 2.11. The molecule has 0 atom stereocenters. The van der Waals surface area contributed by atoms with E-state index in [2.05, 4.69) is 6.08 Å². The van der Waals surface area contributed by atoms with Gasteiger partial charge in [0.15, 0.2) is 0 Å². The van der Waals surface area contributed by atoms with Gasteiger partial charge in [0, 0.05) is 19.7 Å². The summed E-state index contributed by atoms with van der Waals surface area (Å²) in [7, 11) is 0. The Morgan fingerprint density at radius 2 is 1.86 bits per heavy atom. The van der Waals surface area contributed by atoms with Crippen LogP contribution in [0.25, 0.3) is 0 Å². The maximum Gasteiger partial charge on any atom is 0.410 e. The first-order chi connectivity index (χ1) is 9.55. The third-order valence-corrected chi connectivity index (χ3v) is 2.37. The van der Waals surface area contributed by atoms with Crippen LogP contribution < -0.4 is 0 Å². The maximum atomic E-state index is 11.5. The van der Waals surface area contributed by atoms with Crippen molar-refractivity contribution in [1.29, 1.82) is 0 Å². The summed E-state index contributed by atoms with van der Waals surface area (Å²) < 4.78 is 10.2. The van der Waals surface area contributed by atoms with Gasteiger partial charge in [0.2, 0.25) is 0 Å². The molecule has 1 aliphatic heterocycles. The minimum Gasteiger partial charge on any atom is -0.444 e. The largest absolute Gasteiger partial charge is 0.444 e. The van der Waals surface area contributed by atoms with E-state index in [0.717, 1.165) is 13.0 Å². The Kier molecular flexibility index (Phi) is 8.59. The van der Waals surface area contributed by atoms with Gasteiger partial charge >= 0.3 is 6.09 Å². The van der Waals surface area contributed by atoms with E-state index in [4.69, 9.17) is 14.6 Å². The van der Waals surface area contributed by atoms with Crippen molar-refractivity contribution in [1.82, 2.24) is 4.90 Å². The minimum atomic E-state index is -0.671. The predicted octanol–water partition coefficient (Wildman–Crippen LogP) is 2.98. The highest BCUT2D eigenvalue weighted by atomic mass is 16.6. The fourth-order valence-electron chi connectivity index (χ4n) is 1.49. The lowest BCUT2D eigenvalue weighted by molar-refractivity contribution is -0.0169. The van der Waals surface area contributed by atoms with Crippen LogP contribution in [0.4, 0.5) is 4.79 Å². The summed E-state index contributed by atoms with van der Waals surface area (Å²) in [5.74, 6) is 0. The summed E-state index contributed by atoms with van der Waals surface area (Å²) in [5, 5.41) is 9.02. The lowest BCUT2D eigenvalue weighted by Gasteiger charge is -2.27. The zero-order chi connectivity index (χ0) is 16.5. The van der Waals surface area contributed by atoms with Crippen LogP contribution in [-0.4, -0.2) is 53.6 Å². The molecule has 1 rings (SSSR count). The number of amides is 1. The number of aliphatic hydroxyl groups is 1. The van der Waals surface area contributed by atoms with E-state index < -0.39 is 11.2 Å². The van der Waals surface area contributed by atoms with E-state index in [1.165, 1.54) is 0 Å². The number of hydrogen-bond donors (Lipinski definition) is 1. The molecule has 1 aliphatic rings. The number of carbonyl (C=O) groups excluding carboxylic acids is 1. The summed E-state index contributed by atoms with van der Waals surface area (Å²) in [4.78, 5) is 13.2. The molecule has 0 aromatic heterocycles. The van der Waals surface area contributed by atoms with Crippen LogP contribution in [0, 0.1) is 0 Å². The lowest BCUT2D eigenvalue weighted by Crippen LogP contribution is -2.38. The Hall–Kier alpha value is -1.07. The minimum absolute atomic E-state index is 0.211. The zero-order valence-electron chi connectivity index (χ0n) is 14.3. The first kappa shape index (κ1) is 19.9. The van der Waals surface area contributed by atoms with E-state index in [1.807, 2.05) is 33.8 Å². The van der Waals surface area contributed by atoms with Crippen LogP contribution in [0.15, 0.2) is 12.2 Å². The molecule has 0 spiro atoms. The second-order valence-electron chi connectivity index (χ2n) is 6.64. The van der Waals surface area contributed by atoms with Crippen LogP contribution in [0.1, 0.15) is 48.0 Å². The van der Waals surface area contributed by atoms with Gasteiger partial charge in [-0.05, 0) is 48.0 Å². The van der Waals surface area contributed by atoms with Gasteiger partial charge in [0.1, 0.15) is 5.60 Å². The van der Waals surface area contributed by atoms with E-state index in [1.54, 1.807) is 18.7 Å². The summed E-state index contributed by atoms with van der Waals surface area (Å²) >= 11 is 0. The average Bonchev–Trinajstić information content (AvgIpc) is 2.35. The summed E-state index contributed by atoms with van der Waals surface area (Å²) in [6.07, 6.45) is 4.80. The number of rotatable bonds is 3. The molecule has 0 aromatic rings. The molecule has 5 nitrogen and oxygen atoms in total. The Morgan fingerprint density at radius 3 is 2.19 bits per heavy atom. The summed E-state index contributed by atoms with van der Waals surface area (Å²) in [6.45, 7) is 13.5. The van der Waals surface area contributed by atoms with Crippen LogP contribution in [0.3, 0.4) is 0 Å². The van der Waals surface area contributed by atoms with Crippen molar-refractivity contribution in [2.45, 2.75) is 59.2 Å². The number of nitrogens with zero attached hydrogens (tertiary/aromatic N) is 1. The first-order valence-electron chi connectivity index (χ1n) is 7.48. The van der Waals surface area contributed by atoms with Crippen molar-refractivity contribution in [2.75, 3.05) is 26.3 Å². The van der Waals surface area contributed by atoms with Crippen molar-refractivity contribution in [3.05, 3.63) is 12.2 Å². The molecular weight excluding hydrogens is 270 g/mol. The van der Waals surface area contributed by atoms with Crippen molar-refractivity contribution < 1.29 is 19.4 Å². The Balaban J connectivity index is 0.000000433. The summed E-state index contributed by atoms with van der Waals surface area (Å²) in [6, 6.07) is 0. The second kappa shape index (κ2) is 9.05. The third kappa shape index (κ3) is 12.4. The lowest BCUT2D eigenvalue weighted by atomic mass is 10.2. The molecule has 1 heterocycles. The Labute approximate surface area is 128 Å². The Morgan fingerprint density at radius 1 is 1.24 bits per heavy atom. The fraction of sp³-hybridized carbons (Fsp3) is 0.812. The van der Waals surface area contributed by atoms with Crippen LogP contribution in [-0.2, 0) is 9.47 Å². The molecule has 0 radical (unpaired) electrons. The number of hydrogen-bond acceptors (Lipinski definition) is 4. The molecule has 0 saturated carbocycles. The highest BCUT2D eigenvalue weighted by Gasteiger charge is 2.21. The van der Waals surface area contributed by atoms with Crippen LogP contribution in [0.2, 0.25) is 0 Å². The highest BCUT2D eigenvalue weighted by molar-refractivity contribution is 5.68. The van der Waals surface area contributed by atoms with Gasteiger partial charge in [0.05, 0.1) is 12.2 Å². The molecule has 0 saturated heterocycles. The molecule has 0 aromatic carbocycles. The zero-order valence-corrected chi connectivity index (χ0v) is 14.3. The van der Waals surface area contributed by atoms with Crippen molar-refractivity contribution >= 4 is 6.09 Å². The monoisotopic (exact) mass is 301 g/mol. The molecule has 1 amide bonds. The molecule has 0 unspecified atom stereocenters. The average molecular weight is 301 g/mol. The molecular formula is C16H31NO4. The van der Waals surface area contributed by atoms with E-state index in [0.29, 0.717) is 19.8 Å². The molecule has 0 aliphatic carbocycles. The van der Waals surface area contributed by atoms with Gasteiger partial charge in [-0.2, -0.15) is 0 Å². The number of carbonyl (C=O) groups is 1. The SMILES string of the molecule is CC(C)(C)OC(=O)N1CC=CCC1.CCOCC(C)(C)O. The van der Waals surface area contributed by atoms with Gasteiger partial charge in [-0.3, -0.25) is 0 Å². The topological polar surface area (TPSA) is 59.0 Å². The molecule has 124 valence electrons. The van der Waals surface area contributed by atoms with E-state index in [9.17, 15) is 4.79 Å². The van der Waals surface area contributed by atoms with Gasteiger partial charge in [0.25, 0.3) is 0 Å². The molecule has 1 N–H and O–H groups in total. The standard InChI is InChI=1S/C10H17NO2.C6H14O2/c1-10(2,3)13-9(12)11-7-5-4-6-8-11;1-4-8-5-6(2,3)7/h4-5H,6-8H2,1-3H3;7H,4-5H2,1-3H3. The van der Waals surface area contributed by atoms with Crippen LogP contribution >= 0.6 is 0 Å². The molecule has 0 bridgehead atoms. The van der Waals surface area contributed by atoms with Gasteiger partial charge in [-0.25, -0.2) is 4.79 Å². The quantitative estimate of drug-likeness (QED) is 0.814. The summed E-state index contributed by atoms with van der Waals surface area (Å²) in [5.41, 5.74) is -1.06. The predicted molar refractivity (Wildman–Crippen MR) is 84.4 cm³/mol. The van der Waals surface area contributed by atoms with Gasteiger partial charge in [-0.15, -0.1) is 0 Å². The molecule has 5 heteroatoms. The van der Waals surface area contributed by atoms with Gasteiger partial charge < -0.3 is 19.5 Å². The second-order valence-corrected chi connectivity index (χ2v) is 6.64. The first-order valence-corrected chi connectivity index (χ1v) is 7.48. The maximum absolute atomic E-state index is 11.5. The van der Waals surface area contributed by atoms with Crippen molar-refractivity contribution in [2.24, 2.45) is 0 Å².